The van der Waals surface area contributed by atoms with Gasteiger partial charge in [0.15, 0.2) is 0 Å². The van der Waals surface area contributed by atoms with Crippen LogP contribution in [-0.4, -0.2) is 255 Å². The quantitative estimate of drug-likeness (QED) is 0.0346. The molecule has 16 nitrogen and oxygen atoms in total. The molecule has 0 saturated carbocycles. The molecular formula is C72H120N8O8. The zero-order chi connectivity index (χ0) is 63.8. The van der Waals surface area contributed by atoms with E-state index in [2.05, 4.69) is 172 Å². The third kappa shape index (κ3) is 27.2. The molecule has 0 fully saturated rings. The average Bonchev–Trinajstić information content (AvgIpc) is 0.912. The summed E-state index contributed by atoms with van der Waals surface area (Å²) in [6, 6.07) is 19.3. The molecule has 0 radical (unpaired) electrons. The zero-order valence-corrected chi connectivity index (χ0v) is 58.1. The average molecular weight is 1230 g/mol. The first-order chi connectivity index (χ1) is 42.4. The fourth-order valence-corrected chi connectivity index (χ4v) is 11.9. The van der Waals surface area contributed by atoms with Gasteiger partial charge in [-0.15, -0.1) is 0 Å². The summed E-state index contributed by atoms with van der Waals surface area (Å²) in [4.78, 5) is 18.9. The Hall–Kier alpha value is -4.40. The minimum atomic E-state index is 0.410. The number of hydrogen-bond donors (Lipinski definition) is 0. The van der Waals surface area contributed by atoms with Crippen molar-refractivity contribution in [3.63, 3.8) is 0 Å². The Kier molecular flexibility index (Phi) is 34.8. The van der Waals surface area contributed by atoms with E-state index in [1.54, 1.807) is 0 Å². The van der Waals surface area contributed by atoms with Gasteiger partial charge in [-0.1, -0.05) is 48.5 Å². The van der Waals surface area contributed by atoms with E-state index in [0.717, 1.165) is 172 Å². The first-order valence-corrected chi connectivity index (χ1v) is 33.1. The number of fused-ring (bicyclic) bond motifs is 8. The van der Waals surface area contributed by atoms with Gasteiger partial charge in [0.25, 0.3) is 0 Å². The van der Waals surface area contributed by atoms with Crippen LogP contribution in [0.5, 0.6) is 23.0 Å². The summed E-state index contributed by atoms with van der Waals surface area (Å²) in [6.07, 6.45) is 6.58. The van der Waals surface area contributed by atoms with Crippen molar-refractivity contribution in [1.82, 2.24) is 39.2 Å². The van der Waals surface area contributed by atoms with Crippen molar-refractivity contribution in [3.05, 3.63) is 115 Å². The normalized spacial score (nSPS) is 12.8. The maximum atomic E-state index is 7.20. The monoisotopic (exact) mass is 1220 g/mol. The molecular weight excluding hydrogens is 1100 g/mol. The van der Waals surface area contributed by atoms with Crippen LogP contribution >= 0.6 is 0 Å². The molecule has 1 aliphatic rings. The van der Waals surface area contributed by atoms with E-state index in [9.17, 15) is 0 Å². The van der Waals surface area contributed by atoms with Crippen molar-refractivity contribution in [2.75, 3.05) is 216 Å². The number of benzene rings is 4. The first kappa shape index (κ1) is 74.3. The van der Waals surface area contributed by atoms with Gasteiger partial charge in [-0.3, -0.25) is 0 Å². The van der Waals surface area contributed by atoms with Gasteiger partial charge in [-0.25, -0.2) is 0 Å². The summed E-state index contributed by atoms with van der Waals surface area (Å²) >= 11 is 0. The van der Waals surface area contributed by atoms with Crippen LogP contribution in [0.1, 0.15) is 120 Å². The molecule has 16 heteroatoms. The van der Waals surface area contributed by atoms with Gasteiger partial charge in [-0.05, 0) is 257 Å². The molecule has 0 unspecified atom stereocenters. The number of rotatable bonds is 44. The second-order valence-electron chi connectivity index (χ2n) is 25.4. The minimum absolute atomic E-state index is 0.410. The van der Waals surface area contributed by atoms with Crippen LogP contribution in [0.25, 0.3) is 0 Å². The summed E-state index contributed by atoms with van der Waals surface area (Å²) < 4.78 is 52.9. The Morgan fingerprint density at radius 1 is 0.261 bits per heavy atom. The zero-order valence-electron chi connectivity index (χ0n) is 58.1. The molecule has 4 aromatic carbocycles. The highest BCUT2D eigenvalue weighted by Gasteiger charge is 2.26. The molecule has 1 aliphatic carbocycles. The Morgan fingerprint density at radius 3 is 0.602 bits per heavy atom. The fourth-order valence-electron chi connectivity index (χ4n) is 11.9. The Morgan fingerprint density at radius 2 is 0.443 bits per heavy atom. The Labute approximate surface area is 534 Å². The van der Waals surface area contributed by atoms with E-state index in [0.29, 0.717) is 105 Å². The molecule has 0 aliphatic heterocycles. The molecule has 0 atom stereocenters. The summed E-state index contributed by atoms with van der Waals surface area (Å²) in [6.45, 7) is 25.3. The summed E-state index contributed by atoms with van der Waals surface area (Å²) in [7, 11) is 26.2. The molecule has 8 bridgehead atoms. The van der Waals surface area contributed by atoms with Gasteiger partial charge >= 0.3 is 0 Å². The van der Waals surface area contributed by atoms with E-state index in [1.165, 1.54) is 22.3 Å². The van der Waals surface area contributed by atoms with Gasteiger partial charge < -0.3 is 77.1 Å². The molecule has 5 rings (SSSR count). The van der Waals surface area contributed by atoms with Crippen molar-refractivity contribution >= 4 is 0 Å². The van der Waals surface area contributed by atoms with Crippen LogP contribution in [0.2, 0.25) is 0 Å². The predicted octanol–water partition coefficient (Wildman–Crippen LogP) is 9.56. The van der Waals surface area contributed by atoms with Crippen molar-refractivity contribution in [1.29, 1.82) is 0 Å². The lowest BCUT2D eigenvalue weighted by atomic mass is 9.88. The van der Waals surface area contributed by atoms with Crippen LogP contribution in [0.15, 0.2) is 48.5 Å². The van der Waals surface area contributed by atoms with E-state index < -0.39 is 0 Å². The molecule has 496 valence electrons. The van der Waals surface area contributed by atoms with E-state index >= 15 is 0 Å². The van der Waals surface area contributed by atoms with Gasteiger partial charge in [0.1, 0.15) is 49.4 Å². The van der Waals surface area contributed by atoms with Crippen molar-refractivity contribution in [2.45, 2.75) is 105 Å². The number of hydrogen-bond acceptors (Lipinski definition) is 16. The van der Waals surface area contributed by atoms with Crippen molar-refractivity contribution in [3.8, 4) is 23.0 Å². The van der Waals surface area contributed by atoms with Gasteiger partial charge in [-0.2, -0.15) is 0 Å². The van der Waals surface area contributed by atoms with Gasteiger partial charge in [0, 0.05) is 78.3 Å². The van der Waals surface area contributed by atoms with Gasteiger partial charge in [0.05, 0.1) is 26.4 Å². The number of ether oxygens (including phenoxy) is 8. The van der Waals surface area contributed by atoms with Crippen LogP contribution in [0.4, 0.5) is 0 Å². The van der Waals surface area contributed by atoms with E-state index in [4.69, 9.17) is 37.9 Å². The standard InChI is InChI=1S/C72H120N8O8/c1-17-81-33-37-85-69-61-41-57(53-77(13)29-21-25-73(5)6)42-62(69)50-64-44-59(55-79(15)31-23-27-75(9)10)46-66(71(64)87-39-35-83-19-3)52-68-48-60(56-80(16)32-24-28-76(11)12)47-67(72(68)88-40-36-84-20-4)51-65-45-58(54-78(14)30-22-26-74(7)8)43-63(49-61)70(65)86-38-34-82-18-2/h41-48H,17-40,49-56H2,1-16H3. The van der Waals surface area contributed by atoms with Crippen LogP contribution in [0, 0.1) is 0 Å². The lowest BCUT2D eigenvalue weighted by Crippen LogP contribution is -2.24. The predicted molar refractivity (Wildman–Crippen MR) is 363 cm³/mol. The molecule has 4 aromatic rings. The third-order valence-corrected chi connectivity index (χ3v) is 15.8. The molecule has 0 heterocycles. The minimum Gasteiger partial charge on any atom is -0.491 e. The van der Waals surface area contributed by atoms with Crippen LogP contribution < -0.4 is 18.9 Å². The maximum Gasteiger partial charge on any atom is 0.126 e. The third-order valence-electron chi connectivity index (χ3n) is 15.8. The molecule has 0 N–H and O–H groups in total. The molecule has 0 saturated heterocycles. The van der Waals surface area contributed by atoms with Crippen LogP contribution in [-0.2, 0) is 70.8 Å². The first-order valence-electron chi connectivity index (χ1n) is 33.1. The highest BCUT2D eigenvalue weighted by Crippen LogP contribution is 2.41. The smallest absolute Gasteiger partial charge is 0.126 e. The molecule has 0 spiro atoms. The molecule has 0 amide bonds. The van der Waals surface area contributed by atoms with Crippen molar-refractivity contribution < 1.29 is 37.9 Å². The lowest BCUT2D eigenvalue weighted by Gasteiger charge is -2.27. The Bertz CT molecular complexity index is 2150. The second-order valence-corrected chi connectivity index (χ2v) is 25.4. The van der Waals surface area contributed by atoms with Crippen LogP contribution in [0.3, 0.4) is 0 Å². The molecule has 88 heavy (non-hydrogen) atoms. The van der Waals surface area contributed by atoms with E-state index in [-0.39, 0.29) is 0 Å². The fraction of sp³-hybridized carbons (Fsp3) is 0.667. The lowest BCUT2D eigenvalue weighted by molar-refractivity contribution is 0.108. The summed E-state index contributed by atoms with van der Waals surface area (Å²) in [5, 5.41) is 0. The topological polar surface area (TPSA) is 99.8 Å². The highest BCUT2D eigenvalue weighted by molar-refractivity contribution is 5.59. The highest BCUT2D eigenvalue weighted by atomic mass is 16.5. The molecule has 0 aromatic heterocycles. The largest absolute Gasteiger partial charge is 0.491 e. The van der Waals surface area contributed by atoms with Crippen molar-refractivity contribution in [2.24, 2.45) is 0 Å². The maximum absolute atomic E-state index is 7.20. The van der Waals surface area contributed by atoms with E-state index in [1.807, 2.05) is 27.7 Å². The SMILES string of the molecule is CCOCCOc1c2cc(CN(C)CCCN(C)C)cc1Cc1cc(CN(C)CCCN(C)C)cc(c1OCCOCC)Cc1cc(CN(C)CCCN(C)C)cc(c1OCCOCC)Cc1cc(CN(C)CCCN(C)C)cc(c1OCCOCC)C2. The summed E-state index contributed by atoms with van der Waals surface area (Å²) in [5.74, 6) is 3.56. The second kappa shape index (κ2) is 41.2. The number of nitrogens with zero attached hydrogens (tertiary/aromatic N) is 8. The van der Waals surface area contributed by atoms with Gasteiger partial charge in [0.2, 0.25) is 0 Å². The Balaban J connectivity index is 1.95. The summed E-state index contributed by atoms with van der Waals surface area (Å²) in [5.41, 5.74) is 13.9.